The fourth-order valence-corrected chi connectivity index (χ4v) is 3.22. The van der Waals surface area contributed by atoms with Crippen LogP contribution in [0.25, 0.3) is 11.4 Å². The molecule has 0 radical (unpaired) electrons. The number of carbonyl (C=O) groups excluding carboxylic acids is 2. The van der Waals surface area contributed by atoms with Gasteiger partial charge in [0, 0.05) is 19.2 Å². The molecule has 1 aliphatic rings. The van der Waals surface area contributed by atoms with Crippen LogP contribution in [0.2, 0.25) is 0 Å². The molecule has 4 rings (SSSR count). The molecule has 11 heteroatoms. The van der Waals surface area contributed by atoms with Gasteiger partial charge in [0.25, 0.3) is 11.8 Å². The summed E-state index contributed by atoms with van der Waals surface area (Å²) >= 11 is 0. The minimum Gasteiger partial charge on any atom is -0.494 e. The van der Waals surface area contributed by atoms with Crippen molar-refractivity contribution in [3.8, 4) is 17.1 Å². The van der Waals surface area contributed by atoms with Crippen molar-refractivity contribution in [1.29, 1.82) is 0 Å². The van der Waals surface area contributed by atoms with Crippen molar-refractivity contribution < 1.29 is 23.7 Å². The summed E-state index contributed by atoms with van der Waals surface area (Å²) in [6.45, 7) is 1.68. The number of aromatic nitrogens is 3. The van der Waals surface area contributed by atoms with Gasteiger partial charge in [0.1, 0.15) is 11.4 Å². The van der Waals surface area contributed by atoms with Crippen molar-refractivity contribution in [2.45, 2.75) is 25.8 Å². The molecule has 2 amide bonds. The average Bonchev–Trinajstić information content (AvgIpc) is 3.50. The first-order valence-electron chi connectivity index (χ1n) is 9.85. The van der Waals surface area contributed by atoms with Gasteiger partial charge < -0.3 is 20.3 Å². The lowest BCUT2D eigenvalue weighted by Crippen LogP contribution is -2.28. The second-order valence-electron chi connectivity index (χ2n) is 7.17. The number of hydrogen-bond donors (Lipinski definition) is 2. The molecule has 32 heavy (non-hydrogen) atoms. The van der Waals surface area contributed by atoms with Gasteiger partial charge in [-0.3, -0.25) is 19.4 Å². The summed E-state index contributed by atoms with van der Waals surface area (Å²) in [6, 6.07) is 6.82. The molecule has 0 spiro atoms. The number of nitrogens with one attached hydrogen (secondary N) is 1. The molecule has 0 aliphatic heterocycles. The molecule has 2 heterocycles. The predicted molar refractivity (Wildman–Crippen MR) is 113 cm³/mol. The first-order chi connectivity index (χ1) is 15.4. The first kappa shape index (κ1) is 21.2. The monoisotopic (exact) mass is 438 g/mol. The van der Waals surface area contributed by atoms with E-state index in [1.807, 2.05) is 0 Å². The van der Waals surface area contributed by atoms with Crippen LogP contribution in [0, 0.1) is 6.92 Å². The molecule has 1 aliphatic carbocycles. The van der Waals surface area contributed by atoms with Gasteiger partial charge in [-0.15, -0.1) is 0 Å². The van der Waals surface area contributed by atoms with Crippen LogP contribution in [0.5, 0.6) is 5.75 Å². The third kappa shape index (κ3) is 4.10. The summed E-state index contributed by atoms with van der Waals surface area (Å²) < 4.78 is 10.7. The quantitative estimate of drug-likeness (QED) is 0.505. The van der Waals surface area contributed by atoms with Crippen LogP contribution < -0.4 is 20.9 Å². The summed E-state index contributed by atoms with van der Waals surface area (Å²) in [5.41, 5.74) is 6.97. The Morgan fingerprint density at radius 1 is 1.25 bits per heavy atom. The lowest BCUT2D eigenvalue weighted by atomic mass is 10.1. The first-order valence-corrected chi connectivity index (χ1v) is 9.85. The highest BCUT2D eigenvalue weighted by molar-refractivity contribution is 6.02. The maximum Gasteiger partial charge on any atom is 0.270 e. The van der Waals surface area contributed by atoms with Crippen LogP contribution in [-0.2, 0) is 4.84 Å². The van der Waals surface area contributed by atoms with Crippen LogP contribution in [0.15, 0.2) is 35.0 Å². The Balaban J connectivity index is 1.82. The van der Waals surface area contributed by atoms with E-state index >= 15 is 0 Å². The molecule has 0 unspecified atom stereocenters. The summed E-state index contributed by atoms with van der Waals surface area (Å²) in [6.07, 6.45) is 3.12. The normalized spacial score (nSPS) is 13.0. The number of nitrogens with zero attached hydrogens (tertiary/aromatic N) is 4. The van der Waals surface area contributed by atoms with Crippen molar-refractivity contribution in [3.63, 3.8) is 0 Å². The zero-order valence-corrected chi connectivity index (χ0v) is 17.8. The van der Waals surface area contributed by atoms with Crippen LogP contribution in [-0.4, -0.2) is 47.2 Å². The number of primary amides is 1. The Labute approximate surface area is 183 Å². The minimum absolute atomic E-state index is 0.0673. The number of amides is 2. The summed E-state index contributed by atoms with van der Waals surface area (Å²) in [7, 11) is 2.90. The highest BCUT2D eigenvalue weighted by Gasteiger charge is 2.27. The van der Waals surface area contributed by atoms with E-state index in [-0.39, 0.29) is 28.9 Å². The maximum atomic E-state index is 12.5. The third-order valence-electron chi connectivity index (χ3n) is 4.88. The zero-order valence-electron chi connectivity index (χ0n) is 17.8. The number of hydrogen-bond acceptors (Lipinski definition) is 9. The molecule has 11 nitrogen and oxygen atoms in total. The Kier molecular flexibility index (Phi) is 5.73. The van der Waals surface area contributed by atoms with Gasteiger partial charge in [-0.05, 0) is 31.0 Å². The summed E-state index contributed by atoms with van der Waals surface area (Å²) in [5, 5.41) is 8.16. The number of anilines is 2. The Hall–Kier alpha value is -3.99. The maximum absolute atomic E-state index is 12.5. The van der Waals surface area contributed by atoms with Crippen LogP contribution in [0.1, 0.15) is 39.6 Å². The molecule has 1 saturated carbocycles. The number of carbonyl (C=O) groups is 2. The van der Waals surface area contributed by atoms with Crippen molar-refractivity contribution >= 4 is 23.2 Å². The molecular formula is C21H22N6O5. The number of nitrogens with two attached hydrogens (primary N) is 1. The average molecular weight is 438 g/mol. The molecule has 3 N–H and O–H groups in total. The van der Waals surface area contributed by atoms with Gasteiger partial charge in [-0.1, -0.05) is 11.2 Å². The molecule has 0 bridgehead atoms. The Bertz CT molecular complexity index is 1170. The number of aryl methyl sites for hydroxylation is 1. The van der Waals surface area contributed by atoms with Crippen molar-refractivity contribution in [3.05, 3.63) is 47.6 Å². The molecule has 1 aromatic carbocycles. The van der Waals surface area contributed by atoms with E-state index in [4.69, 9.17) is 19.8 Å². The van der Waals surface area contributed by atoms with E-state index in [9.17, 15) is 9.59 Å². The van der Waals surface area contributed by atoms with Gasteiger partial charge in [-0.2, -0.15) is 4.98 Å². The number of pyridine rings is 1. The van der Waals surface area contributed by atoms with E-state index in [0.717, 1.165) is 12.8 Å². The van der Waals surface area contributed by atoms with Crippen LogP contribution >= 0.6 is 0 Å². The molecule has 1 fully saturated rings. The fourth-order valence-electron chi connectivity index (χ4n) is 3.22. The fraction of sp³-hybridized carbons (Fsp3) is 0.286. The van der Waals surface area contributed by atoms with Crippen molar-refractivity contribution in [2.24, 2.45) is 5.73 Å². The van der Waals surface area contributed by atoms with E-state index < -0.39 is 5.91 Å². The third-order valence-corrected chi connectivity index (χ3v) is 4.88. The standard InChI is InChI=1S/C21H22N6O5/c1-11-24-20(26-32-11)13-5-4-6-16(18(13)30-2)27(31-3)17-9-15(21(29)25-12-7-8-12)23-10-14(17)19(22)28/h4-6,9-10,12H,7-8H2,1-3H3,(H2,22,28)(H,25,29). The van der Waals surface area contributed by atoms with E-state index in [1.54, 1.807) is 25.1 Å². The summed E-state index contributed by atoms with van der Waals surface area (Å²) in [4.78, 5) is 38.6. The Morgan fingerprint density at radius 3 is 2.62 bits per heavy atom. The smallest absolute Gasteiger partial charge is 0.270 e. The number of methoxy groups -OCH3 is 1. The number of rotatable bonds is 8. The number of benzene rings is 1. The van der Waals surface area contributed by atoms with Crippen molar-refractivity contribution in [1.82, 2.24) is 20.4 Å². The molecular weight excluding hydrogens is 416 g/mol. The number of para-hydroxylation sites is 1. The van der Waals surface area contributed by atoms with Gasteiger partial charge in [0.2, 0.25) is 11.7 Å². The summed E-state index contributed by atoms with van der Waals surface area (Å²) in [5.74, 6) is 0.0157. The van der Waals surface area contributed by atoms with E-state index in [1.165, 1.54) is 31.5 Å². The van der Waals surface area contributed by atoms with Gasteiger partial charge in [0.15, 0.2) is 5.75 Å². The molecule has 2 aromatic heterocycles. The molecule has 166 valence electrons. The van der Waals surface area contributed by atoms with E-state index in [2.05, 4.69) is 20.4 Å². The van der Waals surface area contributed by atoms with E-state index in [0.29, 0.717) is 28.7 Å². The lowest BCUT2D eigenvalue weighted by molar-refractivity contribution is 0.0942. The molecule has 0 atom stereocenters. The second kappa shape index (κ2) is 8.63. The van der Waals surface area contributed by atoms with Gasteiger partial charge in [0.05, 0.1) is 31.0 Å². The van der Waals surface area contributed by atoms with Crippen LogP contribution in [0.4, 0.5) is 11.4 Å². The van der Waals surface area contributed by atoms with Crippen LogP contribution in [0.3, 0.4) is 0 Å². The SMILES string of the molecule is COc1c(-c2noc(C)n2)cccc1N(OC)c1cc(C(=O)NC2CC2)ncc1C(N)=O. The molecule has 0 saturated heterocycles. The largest absolute Gasteiger partial charge is 0.494 e. The highest BCUT2D eigenvalue weighted by atomic mass is 16.7. The Morgan fingerprint density at radius 2 is 2.03 bits per heavy atom. The van der Waals surface area contributed by atoms with Gasteiger partial charge >= 0.3 is 0 Å². The van der Waals surface area contributed by atoms with Crippen molar-refractivity contribution in [2.75, 3.05) is 19.3 Å². The second-order valence-corrected chi connectivity index (χ2v) is 7.17. The minimum atomic E-state index is -0.729. The molecule has 3 aromatic rings. The zero-order chi connectivity index (χ0) is 22.8. The van der Waals surface area contributed by atoms with Gasteiger partial charge in [-0.25, -0.2) is 5.06 Å². The number of ether oxygens (including phenoxy) is 1. The predicted octanol–water partition coefficient (Wildman–Crippen LogP) is 2.14. The highest BCUT2D eigenvalue weighted by Crippen LogP contribution is 2.41. The lowest BCUT2D eigenvalue weighted by Gasteiger charge is -2.26. The topological polar surface area (TPSA) is 146 Å².